The number of carbonyl (C=O) groups excluding carboxylic acids is 2. The molecule has 2 aliphatic carbocycles. The van der Waals surface area contributed by atoms with Crippen LogP contribution < -0.4 is 9.47 Å². The molecule has 0 aromatic heterocycles. The van der Waals surface area contributed by atoms with Crippen molar-refractivity contribution in [1.29, 1.82) is 0 Å². The summed E-state index contributed by atoms with van der Waals surface area (Å²) in [6, 6.07) is 16.7. The fourth-order valence-electron chi connectivity index (χ4n) is 9.05. The van der Waals surface area contributed by atoms with Crippen molar-refractivity contribution in [3.63, 3.8) is 0 Å². The molecule has 2 aliphatic rings. The first-order valence-corrected chi connectivity index (χ1v) is 22.6. The van der Waals surface area contributed by atoms with E-state index in [9.17, 15) is 9.59 Å². The third-order valence-electron chi connectivity index (χ3n) is 12.6. The highest BCUT2D eigenvalue weighted by molar-refractivity contribution is 5.72. The lowest BCUT2D eigenvalue weighted by molar-refractivity contribution is -0.135. The molecule has 0 aliphatic heterocycles. The number of rotatable bonds is 26. The second kappa shape index (κ2) is 26.2. The minimum Gasteiger partial charge on any atom is -0.427 e. The van der Waals surface area contributed by atoms with Crippen molar-refractivity contribution in [3.8, 4) is 11.5 Å². The van der Waals surface area contributed by atoms with Crippen LogP contribution in [-0.4, -0.2) is 11.9 Å². The molecular formula is C49H76O4. The maximum atomic E-state index is 12.4. The Morgan fingerprint density at radius 2 is 0.755 bits per heavy atom. The summed E-state index contributed by atoms with van der Waals surface area (Å²) < 4.78 is 11.3. The Labute approximate surface area is 325 Å². The second-order valence-corrected chi connectivity index (χ2v) is 16.9. The smallest absolute Gasteiger partial charge is 0.311 e. The van der Waals surface area contributed by atoms with Crippen LogP contribution >= 0.6 is 0 Å². The summed E-state index contributed by atoms with van der Waals surface area (Å²) in [5.74, 6) is 4.36. The van der Waals surface area contributed by atoms with Gasteiger partial charge in [-0.05, 0) is 123 Å². The van der Waals surface area contributed by atoms with E-state index in [0.717, 1.165) is 37.5 Å². The largest absolute Gasteiger partial charge is 0.427 e. The van der Waals surface area contributed by atoms with Gasteiger partial charge >= 0.3 is 11.9 Å². The molecule has 0 spiro atoms. The molecule has 0 N–H and O–H groups in total. The summed E-state index contributed by atoms with van der Waals surface area (Å²) in [4.78, 5) is 24.8. The number of hydrogen-bond acceptors (Lipinski definition) is 4. The quantitative estimate of drug-likeness (QED) is 0.0550. The first-order valence-electron chi connectivity index (χ1n) is 22.6. The fraction of sp³-hybridized carbons (Fsp3) is 0.714. The van der Waals surface area contributed by atoms with Gasteiger partial charge in [-0.15, -0.1) is 0 Å². The standard InChI is InChI=1S/C49H76O4/c1-3-5-16-20-40-24-28-42(29-25-40)44-32-36-46(37-33-44)52-48(50)22-18-14-12-10-8-7-9-11-13-15-19-23-49(51)53-47-38-34-45(35-39-47)43-30-26-41(27-31-43)21-17-6-4-2/h32-43H,3-31H2,1-2H3. The number of ether oxygens (including phenoxy) is 2. The zero-order valence-corrected chi connectivity index (χ0v) is 34.1. The molecule has 4 rings (SSSR count). The molecule has 0 unspecified atom stereocenters. The molecular weight excluding hydrogens is 653 g/mol. The van der Waals surface area contributed by atoms with E-state index in [-0.39, 0.29) is 11.9 Å². The molecule has 53 heavy (non-hydrogen) atoms. The average molecular weight is 729 g/mol. The summed E-state index contributed by atoms with van der Waals surface area (Å²) in [5, 5.41) is 0. The Morgan fingerprint density at radius 3 is 1.08 bits per heavy atom. The van der Waals surface area contributed by atoms with E-state index in [0.29, 0.717) is 36.2 Å². The lowest BCUT2D eigenvalue weighted by Gasteiger charge is -2.29. The summed E-state index contributed by atoms with van der Waals surface area (Å²) >= 11 is 0. The van der Waals surface area contributed by atoms with Crippen LogP contribution in [0.25, 0.3) is 0 Å². The number of unbranched alkanes of at least 4 members (excludes halogenated alkanes) is 14. The third kappa shape index (κ3) is 17.6. The van der Waals surface area contributed by atoms with Crippen LogP contribution in [0, 0.1) is 11.8 Å². The van der Waals surface area contributed by atoms with Gasteiger partial charge in [-0.25, -0.2) is 0 Å². The number of benzene rings is 2. The normalized spacial score (nSPS) is 20.3. The average Bonchev–Trinajstić information content (AvgIpc) is 3.18. The zero-order valence-electron chi connectivity index (χ0n) is 34.1. The van der Waals surface area contributed by atoms with Gasteiger partial charge in [-0.3, -0.25) is 9.59 Å². The molecule has 2 aromatic carbocycles. The minimum atomic E-state index is -0.104. The SMILES string of the molecule is CCCCCC1CCC(c2ccc(OC(=O)CCCCCCCCCCCCCC(=O)Oc3ccc(C4CCC(CCCCC)CC4)cc3)cc2)CC1. The lowest BCUT2D eigenvalue weighted by atomic mass is 9.77. The van der Waals surface area contributed by atoms with Crippen molar-refractivity contribution in [3.05, 3.63) is 59.7 Å². The first kappa shape index (κ1) is 43.1. The molecule has 0 saturated heterocycles. The fourth-order valence-corrected chi connectivity index (χ4v) is 9.05. The van der Waals surface area contributed by atoms with Gasteiger partial charge in [-0.2, -0.15) is 0 Å². The van der Waals surface area contributed by atoms with Crippen LogP contribution in [0.5, 0.6) is 11.5 Å². The Kier molecular flexibility index (Phi) is 21.3. The topological polar surface area (TPSA) is 52.6 Å². The summed E-state index contributed by atoms with van der Waals surface area (Å²) in [7, 11) is 0. The highest BCUT2D eigenvalue weighted by Gasteiger charge is 2.23. The van der Waals surface area contributed by atoms with E-state index >= 15 is 0 Å². The summed E-state index contributed by atoms with van der Waals surface area (Å²) in [5.41, 5.74) is 2.82. The van der Waals surface area contributed by atoms with Crippen molar-refractivity contribution < 1.29 is 19.1 Å². The summed E-state index contributed by atoms with van der Waals surface area (Å²) in [6.07, 6.45) is 35.3. The molecule has 0 amide bonds. The van der Waals surface area contributed by atoms with Gasteiger partial charge in [-0.1, -0.05) is 147 Å². The van der Waals surface area contributed by atoms with E-state index in [4.69, 9.17) is 9.47 Å². The molecule has 2 aromatic rings. The Balaban J connectivity index is 0.918. The first-order chi connectivity index (χ1) is 26.0. The zero-order chi connectivity index (χ0) is 37.4. The van der Waals surface area contributed by atoms with Crippen LogP contribution in [0.15, 0.2) is 48.5 Å². The molecule has 4 nitrogen and oxygen atoms in total. The van der Waals surface area contributed by atoms with Gasteiger partial charge in [0.1, 0.15) is 11.5 Å². The maximum absolute atomic E-state index is 12.4. The van der Waals surface area contributed by atoms with Crippen LogP contribution in [0.3, 0.4) is 0 Å². The lowest BCUT2D eigenvalue weighted by Crippen LogP contribution is -2.13. The van der Waals surface area contributed by atoms with Gasteiger partial charge < -0.3 is 9.47 Å². The maximum Gasteiger partial charge on any atom is 0.311 e. The van der Waals surface area contributed by atoms with Crippen molar-refractivity contribution in [1.82, 2.24) is 0 Å². The van der Waals surface area contributed by atoms with E-state index < -0.39 is 0 Å². The summed E-state index contributed by atoms with van der Waals surface area (Å²) in [6.45, 7) is 4.57. The predicted molar refractivity (Wildman–Crippen MR) is 222 cm³/mol. The molecule has 4 heteroatoms. The van der Waals surface area contributed by atoms with Crippen LogP contribution in [0.4, 0.5) is 0 Å². The van der Waals surface area contributed by atoms with Crippen LogP contribution in [-0.2, 0) is 9.59 Å². The van der Waals surface area contributed by atoms with Gasteiger partial charge in [0.05, 0.1) is 0 Å². The van der Waals surface area contributed by atoms with E-state index in [2.05, 4.69) is 38.1 Å². The molecule has 2 saturated carbocycles. The van der Waals surface area contributed by atoms with Crippen molar-refractivity contribution in [2.45, 2.75) is 212 Å². The molecule has 296 valence electrons. The number of hydrogen-bond donors (Lipinski definition) is 0. The van der Waals surface area contributed by atoms with Crippen LogP contribution in [0.2, 0.25) is 0 Å². The minimum absolute atomic E-state index is 0.104. The van der Waals surface area contributed by atoms with E-state index in [1.165, 1.54) is 159 Å². The van der Waals surface area contributed by atoms with Crippen LogP contribution in [0.1, 0.15) is 223 Å². The van der Waals surface area contributed by atoms with Gasteiger partial charge in [0.2, 0.25) is 0 Å². The molecule has 0 radical (unpaired) electrons. The molecule has 0 heterocycles. The second-order valence-electron chi connectivity index (χ2n) is 16.9. The molecule has 0 bridgehead atoms. The van der Waals surface area contributed by atoms with Gasteiger partial charge in [0.15, 0.2) is 0 Å². The Bertz CT molecular complexity index is 1140. The number of esters is 2. The Morgan fingerprint density at radius 1 is 0.434 bits per heavy atom. The highest BCUT2D eigenvalue weighted by Crippen LogP contribution is 2.39. The van der Waals surface area contributed by atoms with E-state index in [1.807, 2.05) is 24.3 Å². The van der Waals surface area contributed by atoms with Crippen molar-refractivity contribution in [2.24, 2.45) is 11.8 Å². The van der Waals surface area contributed by atoms with Gasteiger partial charge in [0, 0.05) is 12.8 Å². The molecule has 0 atom stereocenters. The van der Waals surface area contributed by atoms with Crippen molar-refractivity contribution >= 4 is 11.9 Å². The van der Waals surface area contributed by atoms with E-state index in [1.54, 1.807) is 0 Å². The number of carbonyl (C=O) groups is 2. The third-order valence-corrected chi connectivity index (χ3v) is 12.6. The van der Waals surface area contributed by atoms with Gasteiger partial charge in [0.25, 0.3) is 0 Å². The van der Waals surface area contributed by atoms with Crippen molar-refractivity contribution in [2.75, 3.05) is 0 Å². The Hall–Kier alpha value is -2.62. The monoisotopic (exact) mass is 729 g/mol. The highest BCUT2D eigenvalue weighted by atomic mass is 16.5. The molecule has 2 fully saturated rings. The predicted octanol–water partition coefficient (Wildman–Crippen LogP) is 15.0.